The summed E-state index contributed by atoms with van der Waals surface area (Å²) in [7, 11) is 0. The molecule has 0 heterocycles. The van der Waals surface area contributed by atoms with Crippen LogP contribution in [-0.4, -0.2) is 0 Å². The van der Waals surface area contributed by atoms with E-state index in [1.165, 1.54) is 11.1 Å². The Morgan fingerprint density at radius 1 is 0.423 bits per heavy atom. The summed E-state index contributed by atoms with van der Waals surface area (Å²) in [5.41, 5.74) is 4.92. The summed E-state index contributed by atoms with van der Waals surface area (Å²) in [5.74, 6) is 0. The van der Waals surface area contributed by atoms with E-state index in [9.17, 15) is 10.5 Å². The van der Waals surface area contributed by atoms with Crippen LogP contribution in [0, 0.1) is 22.7 Å². The third kappa shape index (κ3) is 3.96. The van der Waals surface area contributed by atoms with Gasteiger partial charge in [0, 0.05) is 0 Å². The molecular formula is C24H36N2. The quantitative estimate of drug-likeness (QED) is 0.526. The molecule has 2 heteroatoms. The molecule has 142 valence electrons. The Morgan fingerprint density at radius 2 is 0.615 bits per heavy atom. The van der Waals surface area contributed by atoms with Gasteiger partial charge in [0.25, 0.3) is 0 Å². The number of hydrogen-bond donors (Lipinski definition) is 0. The van der Waals surface area contributed by atoms with E-state index in [1.807, 2.05) is 0 Å². The zero-order valence-electron chi connectivity index (χ0n) is 18.9. The topological polar surface area (TPSA) is 47.6 Å². The van der Waals surface area contributed by atoms with Crippen LogP contribution in [0.3, 0.4) is 0 Å². The van der Waals surface area contributed by atoms with E-state index in [-0.39, 0.29) is 21.7 Å². The van der Waals surface area contributed by atoms with Crippen LogP contribution in [0.2, 0.25) is 0 Å². The fourth-order valence-corrected chi connectivity index (χ4v) is 3.97. The molecule has 0 aliphatic carbocycles. The fourth-order valence-electron chi connectivity index (χ4n) is 3.97. The van der Waals surface area contributed by atoms with Gasteiger partial charge in [-0.05, 0) is 43.9 Å². The molecule has 0 N–H and O–H groups in total. The molecule has 26 heavy (non-hydrogen) atoms. The summed E-state index contributed by atoms with van der Waals surface area (Å²) in [4.78, 5) is 0. The lowest BCUT2D eigenvalue weighted by atomic mass is 9.62. The standard InChI is InChI=1S/C24H36N2/c1-21(2,3)17-15(13-25)16(14-26)18(22(4,5)6)20(24(10,11)12)19(17)23(7,8)9/h1-12H3. The second-order valence-corrected chi connectivity index (χ2v) is 11.5. The van der Waals surface area contributed by atoms with Crippen molar-refractivity contribution >= 4 is 0 Å². The Bertz CT molecular complexity index is 715. The van der Waals surface area contributed by atoms with Crippen molar-refractivity contribution < 1.29 is 0 Å². The smallest absolute Gasteiger partial charge is 0.101 e. The molecular weight excluding hydrogens is 316 g/mol. The molecule has 0 bridgehead atoms. The van der Waals surface area contributed by atoms with Crippen LogP contribution in [0.5, 0.6) is 0 Å². The molecule has 0 aliphatic heterocycles. The summed E-state index contributed by atoms with van der Waals surface area (Å²) in [6, 6.07) is 4.81. The second kappa shape index (κ2) is 6.42. The maximum absolute atomic E-state index is 10.1. The van der Waals surface area contributed by atoms with Gasteiger partial charge in [0.2, 0.25) is 0 Å². The van der Waals surface area contributed by atoms with Gasteiger partial charge in [0.05, 0.1) is 11.1 Å². The Kier molecular flexibility index (Phi) is 5.49. The number of rotatable bonds is 0. The minimum atomic E-state index is -0.226. The Morgan fingerprint density at radius 3 is 0.731 bits per heavy atom. The molecule has 1 rings (SSSR count). The van der Waals surface area contributed by atoms with Crippen LogP contribution in [0.4, 0.5) is 0 Å². The average Bonchev–Trinajstić information content (AvgIpc) is 2.39. The highest BCUT2D eigenvalue weighted by molar-refractivity contribution is 5.67. The number of hydrogen-bond acceptors (Lipinski definition) is 2. The second-order valence-electron chi connectivity index (χ2n) is 11.5. The van der Waals surface area contributed by atoms with Crippen LogP contribution >= 0.6 is 0 Å². The number of benzene rings is 1. The normalized spacial score (nSPS) is 13.3. The Hall–Kier alpha value is -1.80. The fraction of sp³-hybridized carbons (Fsp3) is 0.667. The first-order valence-electron chi connectivity index (χ1n) is 9.45. The SMILES string of the molecule is CC(C)(C)c1c(C#N)c(C#N)c(C(C)(C)C)c(C(C)(C)C)c1C(C)(C)C. The molecule has 0 aromatic heterocycles. The third-order valence-electron chi connectivity index (χ3n) is 4.72. The van der Waals surface area contributed by atoms with Gasteiger partial charge < -0.3 is 0 Å². The number of nitriles is 2. The first-order valence-corrected chi connectivity index (χ1v) is 9.45. The van der Waals surface area contributed by atoms with Crippen molar-refractivity contribution in [3.63, 3.8) is 0 Å². The van der Waals surface area contributed by atoms with Gasteiger partial charge in [-0.2, -0.15) is 10.5 Å². The molecule has 0 saturated carbocycles. The van der Waals surface area contributed by atoms with Crippen LogP contribution in [0.15, 0.2) is 0 Å². The van der Waals surface area contributed by atoms with Crippen LogP contribution < -0.4 is 0 Å². The maximum atomic E-state index is 10.1. The minimum Gasteiger partial charge on any atom is -0.192 e. The highest BCUT2D eigenvalue weighted by Crippen LogP contribution is 2.48. The van der Waals surface area contributed by atoms with Crippen molar-refractivity contribution in [3.8, 4) is 12.1 Å². The zero-order valence-corrected chi connectivity index (χ0v) is 18.9. The zero-order chi connectivity index (χ0) is 20.9. The molecule has 1 aromatic carbocycles. The lowest BCUT2D eigenvalue weighted by Crippen LogP contribution is -2.34. The monoisotopic (exact) mass is 352 g/mol. The predicted octanol–water partition coefficient (Wildman–Crippen LogP) is 6.62. The van der Waals surface area contributed by atoms with E-state index in [0.717, 1.165) is 11.1 Å². The predicted molar refractivity (Wildman–Crippen MR) is 111 cm³/mol. The first kappa shape index (κ1) is 22.2. The summed E-state index contributed by atoms with van der Waals surface area (Å²) in [6.45, 7) is 26.1. The Labute approximate surface area is 161 Å². The van der Waals surface area contributed by atoms with Gasteiger partial charge in [-0.25, -0.2) is 0 Å². The highest BCUT2D eigenvalue weighted by Gasteiger charge is 2.40. The van der Waals surface area contributed by atoms with Crippen molar-refractivity contribution in [2.45, 2.75) is 105 Å². The van der Waals surface area contributed by atoms with Gasteiger partial charge in [0.15, 0.2) is 0 Å². The molecule has 0 spiro atoms. The minimum absolute atomic E-state index is 0.134. The average molecular weight is 353 g/mol. The molecule has 0 aliphatic rings. The van der Waals surface area contributed by atoms with Gasteiger partial charge in [-0.3, -0.25) is 0 Å². The lowest BCUT2D eigenvalue weighted by molar-refractivity contribution is 0.475. The third-order valence-corrected chi connectivity index (χ3v) is 4.72. The van der Waals surface area contributed by atoms with Crippen molar-refractivity contribution in [1.82, 2.24) is 0 Å². The van der Waals surface area contributed by atoms with E-state index < -0.39 is 0 Å². The molecule has 2 nitrogen and oxygen atoms in total. The maximum Gasteiger partial charge on any atom is 0.101 e. The number of nitrogens with zero attached hydrogens (tertiary/aromatic N) is 2. The van der Waals surface area contributed by atoms with Crippen molar-refractivity contribution in [2.24, 2.45) is 0 Å². The molecule has 0 atom stereocenters. The van der Waals surface area contributed by atoms with E-state index in [0.29, 0.717) is 11.1 Å². The van der Waals surface area contributed by atoms with Crippen LogP contribution in [0.1, 0.15) is 116 Å². The molecule has 0 amide bonds. The van der Waals surface area contributed by atoms with Gasteiger partial charge >= 0.3 is 0 Å². The molecule has 0 radical (unpaired) electrons. The molecule has 0 saturated heterocycles. The highest BCUT2D eigenvalue weighted by atomic mass is 14.4. The summed E-state index contributed by atoms with van der Waals surface area (Å²) in [5, 5.41) is 20.1. The largest absolute Gasteiger partial charge is 0.192 e. The Balaban J connectivity index is 4.59. The van der Waals surface area contributed by atoms with Gasteiger partial charge in [-0.1, -0.05) is 83.1 Å². The van der Waals surface area contributed by atoms with Gasteiger partial charge in [0.1, 0.15) is 12.1 Å². The van der Waals surface area contributed by atoms with E-state index >= 15 is 0 Å². The van der Waals surface area contributed by atoms with Crippen LogP contribution in [-0.2, 0) is 21.7 Å². The lowest BCUT2D eigenvalue weighted by Gasteiger charge is -2.41. The van der Waals surface area contributed by atoms with Crippen molar-refractivity contribution in [1.29, 1.82) is 10.5 Å². The summed E-state index contributed by atoms with van der Waals surface area (Å²) < 4.78 is 0. The molecule has 1 aromatic rings. The molecule has 0 unspecified atom stereocenters. The van der Waals surface area contributed by atoms with E-state index in [4.69, 9.17) is 0 Å². The summed E-state index contributed by atoms with van der Waals surface area (Å²) >= 11 is 0. The molecule has 0 fully saturated rings. The van der Waals surface area contributed by atoms with Crippen LogP contribution in [0.25, 0.3) is 0 Å². The van der Waals surface area contributed by atoms with Crippen molar-refractivity contribution in [3.05, 3.63) is 33.4 Å². The van der Waals surface area contributed by atoms with E-state index in [2.05, 4.69) is 95.2 Å². The van der Waals surface area contributed by atoms with E-state index in [1.54, 1.807) is 0 Å². The first-order chi connectivity index (χ1) is 11.4. The van der Waals surface area contributed by atoms with Gasteiger partial charge in [-0.15, -0.1) is 0 Å². The van der Waals surface area contributed by atoms with Crippen molar-refractivity contribution in [2.75, 3.05) is 0 Å². The summed E-state index contributed by atoms with van der Waals surface area (Å²) in [6.07, 6.45) is 0.